The van der Waals surface area contributed by atoms with E-state index in [0.717, 1.165) is 21.2 Å². The van der Waals surface area contributed by atoms with Crippen LogP contribution in [0.25, 0.3) is 11.6 Å². The van der Waals surface area contributed by atoms with Gasteiger partial charge in [0.1, 0.15) is 5.57 Å². The Morgan fingerprint density at radius 2 is 1.95 bits per heavy atom. The first-order chi connectivity index (χ1) is 9.35. The van der Waals surface area contributed by atoms with E-state index >= 15 is 0 Å². The predicted octanol–water partition coefficient (Wildman–Crippen LogP) is 4.02. The van der Waals surface area contributed by atoms with Gasteiger partial charge in [-0.3, -0.25) is 4.79 Å². The molecule has 1 rings (SSSR count). The monoisotopic (exact) mass is 336 g/mol. The molecular formula is C16H17BrO3. The van der Waals surface area contributed by atoms with Crippen LogP contribution in [0.4, 0.5) is 0 Å². The fourth-order valence-corrected chi connectivity index (χ4v) is 2.13. The second kappa shape index (κ2) is 7.20. The highest BCUT2D eigenvalue weighted by Crippen LogP contribution is 2.22. The molecule has 0 atom stereocenters. The van der Waals surface area contributed by atoms with Crippen LogP contribution in [0.3, 0.4) is 0 Å². The summed E-state index contributed by atoms with van der Waals surface area (Å²) in [5, 5.41) is 0. The lowest BCUT2D eigenvalue weighted by Gasteiger charge is -2.06. The van der Waals surface area contributed by atoms with Crippen LogP contribution < -0.4 is 0 Å². The zero-order chi connectivity index (χ0) is 15.3. The van der Waals surface area contributed by atoms with Gasteiger partial charge in [-0.1, -0.05) is 28.1 Å². The molecule has 0 aliphatic carbocycles. The minimum Gasteiger partial charge on any atom is -0.462 e. The molecule has 0 unspecified atom stereocenters. The van der Waals surface area contributed by atoms with Crippen LogP contribution in [-0.2, 0) is 14.3 Å². The van der Waals surface area contributed by atoms with E-state index in [9.17, 15) is 9.59 Å². The van der Waals surface area contributed by atoms with E-state index in [4.69, 9.17) is 4.74 Å². The molecule has 0 fully saturated rings. The number of hydrogen-bond donors (Lipinski definition) is 0. The standard InChI is InChI=1S/C16H17BrO3/c1-5-20-16(19)15(11(4)18)8-12-6-13(10(2)3)9-14(17)7-12/h6-9H,2,5H2,1,3-4H3/b15-8+. The number of allylic oxidation sites excluding steroid dienone is 1. The molecule has 3 nitrogen and oxygen atoms in total. The van der Waals surface area contributed by atoms with Crippen LogP contribution in [0.1, 0.15) is 31.9 Å². The molecule has 0 spiro atoms. The molecule has 1 aromatic rings. The highest BCUT2D eigenvalue weighted by atomic mass is 79.9. The number of ketones is 1. The summed E-state index contributed by atoms with van der Waals surface area (Å²) in [4.78, 5) is 23.3. The molecule has 0 amide bonds. The topological polar surface area (TPSA) is 43.4 Å². The smallest absolute Gasteiger partial charge is 0.341 e. The Morgan fingerprint density at radius 3 is 2.45 bits per heavy atom. The summed E-state index contributed by atoms with van der Waals surface area (Å²) in [5.41, 5.74) is 2.63. The molecule has 1 aromatic carbocycles. The third-order valence-electron chi connectivity index (χ3n) is 2.60. The second-order valence-corrected chi connectivity index (χ2v) is 5.30. The summed E-state index contributed by atoms with van der Waals surface area (Å²) < 4.78 is 5.75. The Balaban J connectivity index is 3.27. The molecule has 0 heterocycles. The van der Waals surface area contributed by atoms with E-state index in [1.165, 1.54) is 13.0 Å². The maximum Gasteiger partial charge on any atom is 0.341 e. The normalized spacial score (nSPS) is 11.1. The molecule has 0 aromatic heterocycles. The van der Waals surface area contributed by atoms with Crippen molar-refractivity contribution >= 4 is 39.3 Å². The SMILES string of the molecule is C=C(C)c1cc(Br)cc(/C=C(\C(C)=O)C(=O)OCC)c1. The van der Waals surface area contributed by atoms with Gasteiger partial charge in [0, 0.05) is 4.47 Å². The Kier molecular flexibility index (Phi) is 5.89. The van der Waals surface area contributed by atoms with Crippen LogP contribution in [0.15, 0.2) is 34.8 Å². The van der Waals surface area contributed by atoms with E-state index in [1.54, 1.807) is 6.92 Å². The number of halogens is 1. The summed E-state index contributed by atoms with van der Waals surface area (Å²) in [7, 11) is 0. The molecule has 0 saturated carbocycles. The van der Waals surface area contributed by atoms with E-state index in [1.807, 2.05) is 25.1 Å². The number of Topliss-reactive ketones (excluding diaryl/α,β-unsaturated/α-hetero) is 1. The molecule has 0 aliphatic rings. The molecule has 0 radical (unpaired) electrons. The Morgan fingerprint density at radius 1 is 1.30 bits per heavy atom. The van der Waals surface area contributed by atoms with Crippen LogP contribution in [0, 0.1) is 0 Å². The van der Waals surface area contributed by atoms with Gasteiger partial charge >= 0.3 is 5.97 Å². The molecule has 0 aliphatic heterocycles. The first-order valence-corrected chi connectivity index (χ1v) is 7.00. The molecule has 106 valence electrons. The zero-order valence-corrected chi connectivity index (χ0v) is 13.4. The summed E-state index contributed by atoms with van der Waals surface area (Å²) in [6.45, 7) is 9.07. The Labute approximate surface area is 127 Å². The highest BCUT2D eigenvalue weighted by molar-refractivity contribution is 9.10. The maximum absolute atomic E-state index is 11.8. The molecule has 0 saturated heterocycles. The summed E-state index contributed by atoms with van der Waals surface area (Å²) in [5.74, 6) is -0.919. The fraction of sp³-hybridized carbons (Fsp3) is 0.250. The Hall–Kier alpha value is -1.68. The number of benzene rings is 1. The van der Waals surface area contributed by atoms with Gasteiger partial charge in [-0.25, -0.2) is 4.79 Å². The minimum absolute atomic E-state index is 0.0395. The predicted molar refractivity (Wildman–Crippen MR) is 84.1 cm³/mol. The van der Waals surface area contributed by atoms with Gasteiger partial charge in [0.15, 0.2) is 5.78 Å². The lowest BCUT2D eigenvalue weighted by molar-refractivity contribution is -0.139. The van der Waals surface area contributed by atoms with Crippen molar-refractivity contribution in [1.29, 1.82) is 0 Å². The van der Waals surface area contributed by atoms with Crippen molar-refractivity contribution in [3.63, 3.8) is 0 Å². The first-order valence-electron chi connectivity index (χ1n) is 6.21. The number of hydrogen-bond acceptors (Lipinski definition) is 3. The summed E-state index contributed by atoms with van der Waals surface area (Å²) >= 11 is 3.40. The van der Waals surface area contributed by atoms with Crippen LogP contribution in [-0.4, -0.2) is 18.4 Å². The van der Waals surface area contributed by atoms with Gasteiger partial charge in [0.25, 0.3) is 0 Å². The molecule has 0 N–H and O–H groups in total. The number of carbonyl (C=O) groups is 2. The average molecular weight is 337 g/mol. The lowest BCUT2D eigenvalue weighted by Crippen LogP contribution is -2.13. The number of esters is 1. The third-order valence-corrected chi connectivity index (χ3v) is 3.06. The highest BCUT2D eigenvalue weighted by Gasteiger charge is 2.15. The van der Waals surface area contributed by atoms with E-state index in [0.29, 0.717) is 0 Å². The molecule has 20 heavy (non-hydrogen) atoms. The molecule has 4 heteroatoms. The van der Waals surface area contributed by atoms with E-state index < -0.39 is 5.97 Å². The first kappa shape index (κ1) is 16.4. The second-order valence-electron chi connectivity index (χ2n) is 4.39. The van der Waals surface area contributed by atoms with Gasteiger partial charge < -0.3 is 4.74 Å². The van der Waals surface area contributed by atoms with Gasteiger partial charge in [0.2, 0.25) is 0 Å². The maximum atomic E-state index is 11.8. The quantitative estimate of drug-likeness (QED) is 0.353. The van der Waals surface area contributed by atoms with Crippen molar-refractivity contribution in [3.8, 4) is 0 Å². The summed E-state index contributed by atoms with van der Waals surface area (Å²) in [6.07, 6.45) is 1.54. The molecular weight excluding hydrogens is 320 g/mol. The van der Waals surface area contributed by atoms with Crippen LogP contribution in [0.2, 0.25) is 0 Å². The van der Waals surface area contributed by atoms with Crippen molar-refractivity contribution in [2.45, 2.75) is 20.8 Å². The van der Waals surface area contributed by atoms with Crippen molar-refractivity contribution < 1.29 is 14.3 Å². The fourth-order valence-electron chi connectivity index (χ4n) is 1.62. The van der Waals surface area contributed by atoms with Crippen molar-refractivity contribution in [3.05, 3.63) is 46.0 Å². The minimum atomic E-state index is -0.600. The summed E-state index contributed by atoms with van der Waals surface area (Å²) in [6, 6.07) is 5.63. The Bertz CT molecular complexity index is 585. The van der Waals surface area contributed by atoms with Crippen molar-refractivity contribution in [2.24, 2.45) is 0 Å². The number of ether oxygens (including phenoxy) is 1. The number of carbonyl (C=O) groups excluding carboxylic acids is 2. The lowest BCUT2D eigenvalue weighted by atomic mass is 10.0. The van der Waals surface area contributed by atoms with E-state index in [2.05, 4.69) is 22.5 Å². The van der Waals surface area contributed by atoms with Gasteiger partial charge in [0.05, 0.1) is 6.61 Å². The van der Waals surface area contributed by atoms with Gasteiger partial charge in [-0.05, 0) is 56.2 Å². The largest absolute Gasteiger partial charge is 0.462 e. The van der Waals surface area contributed by atoms with Gasteiger partial charge in [-0.2, -0.15) is 0 Å². The molecule has 0 bridgehead atoms. The average Bonchev–Trinajstić information content (AvgIpc) is 2.35. The number of rotatable bonds is 5. The third kappa shape index (κ3) is 4.46. The van der Waals surface area contributed by atoms with Gasteiger partial charge in [-0.15, -0.1) is 0 Å². The van der Waals surface area contributed by atoms with E-state index in [-0.39, 0.29) is 18.0 Å². The zero-order valence-electron chi connectivity index (χ0n) is 11.8. The van der Waals surface area contributed by atoms with Crippen LogP contribution in [0.5, 0.6) is 0 Å². The van der Waals surface area contributed by atoms with Crippen molar-refractivity contribution in [1.82, 2.24) is 0 Å². The van der Waals surface area contributed by atoms with Crippen molar-refractivity contribution in [2.75, 3.05) is 6.61 Å². The van der Waals surface area contributed by atoms with Crippen LogP contribution >= 0.6 is 15.9 Å².